The number of hydrogen-bond acceptors (Lipinski definition) is 3. The highest BCUT2D eigenvalue weighted by Crippen LogP contribution is 2.69. The number of carbonyl (C=O) groups is 2. The number of likely N-dealkylation sites (tertiary alicyclic amines) is 1. The molecule has 1 aromatic rings. The first-order chi connectivity index (χ1) is 12.2. The van der Waals surface area contributed by atoms with Gasteiger partial charge in [-0.3, -0.25) is 9.59 Å². The Labute approximate surface area is 147 Å². The Morgan fingerprint density at radius 1 is 1.12 bits per heavy atom. The maximum atomic E-state index is 13.4. The van der Waals surface area contributed by atoms with Crippen LogP contribution in [0.15, 0.2) is 30.3 Å². The maximum absolute atomic E-state index is 13.4. The summed E-state index contributed by atoms with van der Waals surface area (Å²) in [5.74, 6) is 1.15. The fourth-order valence-electron chi connectivity index (χ4n) is 6.94. The van der Waals surface area contributed by atoms with Crippen molar-refractivity contribution in [3.63, 3.8) is 0 Å². The molecule has 2 saturated heterocycles. The molecule has 2 heterocycles. The number of nitrogens with zero attached hydrogens (tertiary/aromatic N) is 1. The predicted octanol–water partition coefficient (Wildman–Crippen LogP) is 2.77. The molecule has 6 rings (SSSR count). The van der Waals surface area contributed by atoms with Gasteiger partial charge in [-0.2, -0.15) is 0 Å². The number of fused-ring (bicyclic) bond motifs is 2. The molecule has 2 aliphatic heterocycles. The number of ketones is 1. The maximum Gasteiger partial charge on any atom is 0.229 e. The number of carbonyl (C=O) groups excluding carboxylic acids is 2. The van der Waals surface area contributed by atoms with E-state index in [1.165, 1.54) is 12.8 Å². The summed E-state index contributed by atoms with van der Waals surface area (Å²) >= 11 is 0. The zero-order valence-corrected chi connectivity index (χ0v) is 14.3. The van der Waals surface area contributed by atoms with Crippen LogP contribution in [0.1, 0.15) is 37.7 Å². The quantitative estimate of drug-likeness (QED) is 0.852. The molecular weight excluding hydrogens is 314 g/mol. The molecule has 0 N–H and O–H groups in total. The molecule has 4 heteroatoms. The van der Waals surface area contributed by atoms with Gasteiger partial charge in [0.15, 0.2) is 11.5 Å². The van der Waals surface area contributed by atoms with Gasteiger partial charge in [-0.25, -0.2) is 0 Å². The number of Topliss-reactive ketones (excluding diaryl/α,β-unsaturated/α-hetero) is 1. The van der Waals surface area contributed by atoms with Crippen molar-refractivity contribution in [3.8, 4) is 0 Å². The molecule has 0 aromatic heterocycles. The van der Waals surface area contributed by atoms with Crippen LogP contribution in [0.25, 0.3) is 0 Å². The Kier molecular flexibility index (Phi) is 2.74. The second-order valence-electron chi connectivity index (χ2n) is 8.64. The molecule has 25 heavy (non-hydrogen) atoms. The average Bonchev–Trinajstić information content (AvgIpc) is 3.38. The fraction of sp³-hybridized carbons (Fsp3) is 0.619. The monoisotopic (exact) mass is 337 g/mol. The minimum absolute atomic E-state index is 0.0726. The first-order valence-corrected chi connectivity index (χ1v) is 9.79. The number of hydrogen-bond donors (Lipinski definition) is 0. The smallest absolute Gasteiger partial charge is 0.229 e. The zero-order chi connectivity index (χ0) is 16.8. The lowest BCUT2D eigenvalue weighted by Crippen LogP contribution is -2.54. The summed E-state index contributed by atoms with van der Waals surface area (Å²) in [6.45, 7) is 0.615. The summed E-state index contributed by atoms with van der Waals surface area (Å²) in [4.78, 5) is 28.2. The lowest BCUT2D eigenvalue weighted by atomic mass is 9.74. The summed E-state index contributed by atoms with van der Waals surface area (Å²) in [6, 6.07) is 10.2. The highest BCUT2D eigenvalue weighted by Gasteiger charge is 2.79. The van der Waals surface area contributed by atoms with E-state index in [2.05, 4.69) is 17.0 Å². The summed E-state index contributed by atoms with van der Waals surface area (Å²) < 4.78 is 6.62. The summed E-state index contributed by atoms with van der Waals surface area (Å²) in [5, 5.41) is 0. The number of ether oxygens (including phenoxy) is 1. The van der Waals surface area contributed by atoms with E-state index in [4.69, 9.17) is 4.74 Å². The van der Waals surface area contributed by atoms with Crippen LogP contribution in [0.2, 0.25) is 0 Å². The minimum atomic E-state index is -0.510. The van der Waals surface area contributed by atoms with Crippen LogP contribution in [0.3, 0.4) is 0 Å². The Morgan fingerprint density at radius 3 is 2.64 bits per heavy atom. The molecule has 5 aliphatic rings. The van der Waals surface area contributed by atoms with Gasteiger partial charge in [0.1, 0.15) is 6.10 Å². The van der Waals surface area contributed by atoms with Crippen molar-refractivity contribution in [1.29, 1.82) is 0 Å². The van der Waals surface area contributed by atoms with Gasteiger partial charge in [0.05, 0.1) is 5.92 Å². The van der Waals surface area contributed by atoms with Crippen molar-refractivity contribution in [3.05, 3.63) is 35.9 Å². The summed E-state index contributed by atoms with van der Waals surface area (Å²) in [7, 11) is 0. The van der Waals surface area contributed by atoms with E-state index in [1.54, 1.807) is 0 Å². The standard InChI is InChI=1S/C21H23NO3/c23-18-14-10-15-17-16(14)20(24)22(11-12-6-2-1-3-7-12)21(17,25-19(15)18)13-8-4-5-9-13/h1-3,6-7,13-17,19H,4-5,8-11H2. The van der Waals surface area contributed by atoms with Crippen LogP contribution in [0.5, 0.6) is 0 Å². The van der Waals surface area contributed by atoms with Crippen molar-refractivity contribution >= 4 is 11.7 Å². The number of benzene rings is 1. The Hall–Kier alpha value is -1.68. The third-order valence-electron chi connectivity index (χ3n) is 7.73. The Bertz CT molecular complexity index is 756. The van der Waals surface area contributed by atoms with Crippen molar-refractivity contribution in [2.45, 2.75) is 50.5 Å². The van der Waals surface area contributed by atoms with Gasteiger partial charge < -0.3 is 9.64 Å². The molecule has 130 valence electrons. The number of amides is 1. The SMILES string of the molecule is O=C1C2CC3C1OC1(C4CCCC4)C3C2C(=O)N1Cc1ccccc1. The molecule has 3 saturated carbocycles. The molecule has 1 amide bonds. The van der Waals surface area contributed by atoms with Gasteiger partial charge >= 0.3 is 0 Å². The van der Waals surface area contributed by atoms with Gasteiger partial charge in [-0.05, 0) is 24.8 Å². The Morgan fingerprint density at radius 2 is 1.88 bits per heavy atom. The normalized spacial score (nSPS) is 44.5. The van der Waals surface area contributed by atoms with Crippen molar-refractivity contribution < 1.29 is 14.3 Å². The van der Waals surface area contributed by atoms with Gasteiger partial charge in [0, 0.05) is 30.2 Å². The van der Waals surface area contributed by atoms with Crippen LogP contribution in [0, 0.1) is 29.6 Å². The fourth-order valence-corrected chi connectivity index (χ4v) is 6.94. The molecule has 1 aromatic carbocycles. The van der Waals surface area contributed by atoms with Crippen LogP contribution in [-0.2, 0) is 20.9 Å². The molecule has 4 nitrogen and oxygen atoms in total. The third-order valence-corrected chi connectivity index (χ3v) is 7.73. The molecule has 5 fully saturated rings. The molecule has 0 spiro atoms. The summed E-state index contributed by atoms with van der Waals surface area (Å²) in [6.07, 6.45) is 5.33. The highest BCUT2D eigenvalue weighted by atomic mass is 16.5. The average molecular weight is 337 g/mol. The topological polar surface area (TPSA) is 46.6 Å². The van der Waals surface area contributed by atoms with E-state index in [0.717, 1.165) is 24.8 Å². The molecule has 3 aliphatic carbocycles. The summed E-state index contributed by atoms with van der Waals surface area (Å²) in [5.41, 5.74) is 0.643. The predicted molar refractivity (Wildman–Crippen MR) is 90.1 cm³/mol. The van der Waals surface area contributed by atoms with Gasteiger partial charge in [-0.1, -0.05) is 43.2 Å². The van der Waals surface area contributed by atoms with Crippen LogP contribution in [0.4, 0.5) is 0 Å². The lowest BCUT2D eigenvalue weighted by Gasteiger charge is -2.43. The van der Waals surface area contributed by atoms with Crippen LogP contribution >= 0.6 is 0 Å². The van der Waals surface area contributed by atoms with E-state index in [-0.39, 0.29) is 41.5 Å². The number of rotatable bonds is 3. The van der Waals surface area contributed by atoms with Gasteiger partial charge in [-0.15, -0.1) is 0 Å². The largest absolute Gasteiger partial charge is 0.344 e. The molecular formula is C21H23NO3. The van der Waals surface area contributed by atoms with E-state index < -0.39 is 5.72 Å². The second-order valence-corrected chi connectivity index (χ2v) is 8.64. The van der Waals surface area contributed by atoms with Crippen LogP contribution in [-0.4, -0.2) is 28.4 Å². The first kappa shape index (κ1) is 14.5. The minimum Gasteiger partial charge on any atom is -0.344 e. The molecule has 0 radical (unpaired) electrons. The lowest BCUT2D eigenvalue weighted by molar-refractivity contribution is -0.189. The van der Waals surface area contributed by atoms with Crippen LogP contribution < -0.4 is 0 Å². The van der Waals surface area contributed by atoms with Crippen molar-refractivity contribution in [2.24, 2.45) is 29.6 Å². The Balaban J connectivity index is 1.47. The van der Waals surface area contributed by atoms with E-state index in [1.807, 2.05) is 18.2 Å². The molecule has 6 atom stereocenters. The van der Waals surface area contributed by atoms with E-state index in [9.17, 15) is 9.59 Å². The van der Waals surface area contributed by atoms with Crippen molar-refractivity contribution in [1.82, 2.24) is 4.90 Å². The third kappa shape index (κ3) is 1.58. The molecule has 2 bridgehead atoms. The molecule has 6 unspecified atom stereocenters. The van der Waals surface area contributed by atoms with E-state index in [0.29, 0.717) is 12.5 Å². The highest BCUT2D eigenvalue weighted by molar-refractivity contribution is 5.98. The van der Waals surface area contributed by atoms with Gasteiger partial charge in [0.2, 0.25) is 5.91 Å². The van der Waals surface area contributed by atoms with E-state index >= 15 is 0 Å². The zero-order valence-electron chi connectivity index (χ0n) is 14.3. The van der Waals surface area contributed by atoms with Gasteiger partial charge in [0.25, 0.3) is 0 Å². The second kappa shape index (κ2) is 4.73. The first-order valence-electron chi connectivity index (χ1n) is 9.79. The van der Waals surface area contributed by atoms with Crippen molar-refractivity contribution in [2.75, 3.05) is 0 Å².